The average Bonchev–Trinajstić information content (AvgIpc) is 2.72. The van der Waals surface area contributed by atoms with Gasteiger partial charge >= 0.3 is 6.16 Å². The molecule has 0 aromatic carbocycles. The molecule has 2 rings (SSSR count). The quantitative estimate of drug-likeness (QED) is 0.446. The molecule has 1 unspecified atom stereocenters. The van der Waals surface area contributed by atoms with Gasteiger partial charge in [-0.05, 0) is 25.2 Å². The van der Waals surface area contributed by atoms with Gasteiger partial charge in [0.05, 0.1) is 18.2 Å². The normalized spacial score (nSPS) is 24.2. The summed E-state index contributed by atoms with van der Waals surface area (Å²) in [7, 11) is 0. The van der Waals surface area contributed by atoms with E-state index in [2.05, 4.69) is 29.3 Å². The predicted octanol–water partition coefficient (Wildman–Crippen LogP) is 1.52. The minimum atomic E-state index is -1.31. The largest absolute Gasteiger partial charge is 0.519 e. The number of nitrogens with zero attached hydrogens (tertiary/aromatic N) is 2. The van der Waals surface area contributed by atoms with Gasteiger partial charge in [-0.2, -0.15) is 0 Å². The number of amides is 1. The number of hydrogen-bond donors (Lipinski definition) is 2. The van der Waals surface area contributed by atoms with Crippen LogP contribution in [0.1, 0.15) is 33.1 Å². The lowest BCUT2D eigenvalue weighted by molar-refractivity contribution is -0.132. The van der Waals surface area contributed by atoms with Crippen LogP contribution in [-0.2, 0) is 8.98 Å². The molecule has 0 aromatic rings. The number of carbonyl (C=O) groups is 2. The lowest BCUT2D eigenvalue weighted by Crippen LogP contribution is -2.58. The molecule has 8 heteroatoms. The Kier molecular flexibility index (Phi) is 5.79. The van der Waals surface area contributed by atoms with E-state index in [0.717, 1.165) is 18.6 Å². The molecule has 0 aromatic heterocycles. The molecule has 2 N–H and O–H groups in total. The zero-order valence-electron chi connectivity index (χ0n) is 13.4. The lowest BCUT2D eigenvalue weighted by Gasteiger charge is -2.43. The van der Waals surface area contributed by atoms with Crippen molar-refractivity contribution in [2.75, 3.05) is 19.6 Å². The van der Waals surface area contributed by atoms with Crippen molar-refractivity contribution >= 4 is 24.3 Å². The smallest absolute Gasteiger partial charge is 0.449 e. The molecule has 0 saturated carbocycles. The maximum Gasteiger partial charge on any atom is 0.519 e. The van der Waals surface area contributed by atoms with E-state index in [1.165, 1.54) is 0 Å². The van der Waals surface area contributed by atoms with Gasteiger partial charge in [0, 0.05) is 13.1 Å². The molecule has 0 aliphatic carbocycles. The third-order valence-electron chi connectivity index (χ3n) is 4.24. The Bertz CT molecular complexity index is 497. The summed E-state index contributed by atoms with van der Waals surface area (Å²) in [6.07, 6.45) is 6.29. The van der Waals surface area contributed by atoms with Gasteiger partial charge in [0.15, 0.2) is 12.2 Å². The summed E-state index contributed by atoms with van der Waals surface area (Å²) in [4.78, 5) is 24.9. The van der Waals surface area contributed by atoms with Gasteiger partial charge in [-0.25, -0.2) is 9.10 Å². The van der Waals surface area contributed by atoms with E-state index >= 15 is 0 Å². The lowest BCUT2D eigenvalue weighted by atomic mass is 9.97. The minimum absolute atomic E-state index is 0.0690. The van der Waals surface area contributed by atoms with Crippen LogP contribution in [-0.4, -0.2) is 57.7 Å². The van der Waals surface area contributed by atoms with Crippen molar-refractivity contribution in [2.24, 2.45) is 5.92 Å². The molecule has 0 radical (unpaired) electrons. The number of terminal acetylenes is 1. The van der Waals surface area contributed by atoms with Crippen LogP contribution in [0.15, 0.2) is 0 Å². The maximum atomic E-state index is 12.6. The second-order valence-corrected chi connectivity index (χ2v) is 7.17. The van der Waals surface area contributed by atoms with Crippen molar-refractivity contribution in [3.8, 4) is 12.3 Å². The van der Waals surface area contributed by atoms with Crippen LogP contribution in [0, 0.1) is 18.3 Å². The van der Waals surface area contributed by atoms with Crippen molar-refractivity contribution in [3.63, 3.8) is 0 Å². The summed E-state index contributed by atoms with van der Waals surface area (Å²) in [5.74, 6) is 3.07. The topological polar surface area (TPSA) is 82.1 Å². The highest BCUT2D eigenvalue weighted by Crippen LogP contribution is 2.35. The number of nitrogens with one attached hydrogen (secondary N) is 1. The van der Waals surface area contributed by atoms with Crippen LogP contribution >= 0.6 is 12.2 Å². The number of piperidine rings is 1. The Morgan fingerprint density at radius 2 is 2.22 bits per heavy atom. The Balaban J connectivity index is 2.03. The SMILES string of the molecule is C#CCN1C(=O)C(CC(C)C)NC12CCN(SOC(=O)O)CC2. The fourth-order valence-corrected chi connectivity index (χ4v) is 3.75. The molecule has 1 atom stereocenters. The second kappa shape index (κ2) is 7.43. The predicted molar refractivity (Wildman–Crippen MR) is 87.2 cm³/mol. The molecule has 1 spiro atoms. The number of carboxylic acid groups (broad SMARTS) is 1. The zero-order valence-corrected chi connectivity index (χ0v) is 14.3. The van der Waals surface area contributed by atoms with Gasteiger partial charge in [0.2, 0.25) is 5.91 Å². The van der Waals surface area contributed by atoms with Crippen LogP contribution in [0.5, 0.6) is 0 Å². The molecule has 0 bridgehead atoms. The van der Waals surface area contributed by atoms with Gasteiger partial charge in [0.1, 0.15) is 0 Å². The molecule has 2 aliphatic rings. The summed E-state index contributed by atoms with van der Waals surface area (Å²) in [6, 6.07) is -0.196. The Hall–Kier alpha value is -1.43. The van der Waals surface area contributed by atoms with Crippen molar-refractivity contribution < 1.29 is 18.9 Å². The molecule has 2 aliphatic heterocycles. The molecule has 2 fully saturated rings. The second-order valence-electron chi connectivity index (χ2n) is 6.34. The van der Waals surface area contributed by atoms with E-state index in [4.69, 9.17) is 11.5 Å². The molecule has 2 heterocycles. The maximum absolute atomic E-state index is 12.6. The Labute approximate surface area is 141 Å². The van der Waals surface area contributed by atoms with E-state index < -0.39 is 11.8 Å². The van der Waals surface area contributed by atoms with Crippen molar-refractivity contribution in [2.45, 2.75) is 44.8 Å². The fraction of sp³-hybridized carbons (Fsp3) is 0.733. The first-order chi connectivity index (χ1) is 10.9. The Morgan fingerprint density at radius 1 is 1.57 bits per heavy atom. The number of hydrogen-bond acceptors (Lipinski definition) is 6. The van der Waals surface area contributed by atoms with Crippen LogP contribution in [0.2, 0.25) is 0 Å². The first-order valence-electron chi connectivity index (χ1n) is 7.73. The van der Waals surface area contributed by atoms with E-state index in [1.54, 1.807) is 4.90 Å². The van der Waals surface area contributed by atoms with E-state index in [1.807, 2.05) is 4.31 Å². The molecule has 128 valence electrons. The third-order valence-corrected chi connectivity index (χ3v) is 5.04. The first-order valence-corrected chi connectivity index (χ1v) is 8.43. The molecule has 2 saturated heterocycles. The van der Waals surface area contributed by atoms with Crippen molar-refractivity contribution in [1.82, 2.24) is 14.5 Å². The molecule has 7 nitrogen and oxygen atoms in total. The monoisotopic (exact) mass is 341 g/mol. The fourth-order valence-electron chi connectivity index (χ4n) is 3.24. The van der Waals surface area contributed by atoms with Gasteiger partial charge < -0.3 is 14.2 Å². The summed E-state index contributed by atoms with van der Waals surface area (Å²) in [5, 5.41) is 12.1. The molecule has 1 amide bonds. The summed E-state index contributed by atoms with van der Waals surface area (Å²) in [6.45, 7) is 5.71. The highest BCUT2D eigenvalue weighted by molar-refractivity contribution is 7.92. The molecule has 23 heavy (non-hydrogen) atoms. The Morgan fingerprint density at radius 3 is 2.74 bits per heavy atom. The van der Waals surface area contributed by atoms with Crippen LogP contribution < -0.4 is 5.32 Å². The average molecular weight is 341 g/mol. The summed E-state index contributed by atoms with van der Waals surface area (Å²) >= 11 is 0.837. The van der Waals surface area contributed by atoms with Crippen LogP contribution in [0.4, 0.5) is 4.79 Å². The van der Waals surface area contributed by atoms with Gasteiger partial charge in [-0.15, -0.1) is 6.42 Å². The van der Waals surface area contributed by atoms with Gasteiger partial charge in [-0.3, -0.25) is 10.1 Å². The summed E-state index contributed by atoms with van der Waals surface area (Å²) in [5.41, 5.74) is -0.427. The van der Waals surface area contributed by atoms with E-state index in [9.17, 15) is 9.59 Å². The highest BCUT2D eigenvalue weighted by Gasteiger charge is 2.51. The third kappa shape index (κ3) is 4.10. The number of carbonyl (C=O) groups excluding carboxylic acids is 1. The molecular formula is C15H23N3O4S. The molecular weight excluding hydrogens is 318 g/mol. The van der Waals surface area contributed by atoms with Crippen LogP contribution in [0.25, 0.3) is 0 Å². The highest BCUT2D eigenvalue weighted by atomic mass is 32.2. The minimum Gasteiger partial charge on any atom is -0.449 e. The van der Waals surface area contributed by atoms with Crippen molar-refractivity contribution in [3.05, 3.63) is 0 Å². The summed E-state index contributed by atoms with van der Waals surface area (Å²) < 4.78 is 6.37. The van der Waals surface area contributed by atoms with E-state index in [-0.39, 0.29) is 11.9 Å². The van der Waals surface area contributed by atoms with Gasteiger partial charge in [0.25, 0.3) is 0 Å². The number of rotatable bonds is 5. The van der Waals surface area contributed by atoms with E-state index in [0.29, 0.717) is 38.4 Å². The first kappa shape index (κ1) is 17.9. The van der Waals surface area contributed by atoms with Gasteiger partial charge in [-0.1, -0.05) is 19.8 Å². The zero-order chi connectivity index (χ0) is 17.0. The van der Waals surface area contributed by atoms with Crippen molar-refractivity contribution in [1.29, 1.82) is 0 Å². The van der Waals surface area contributed by atoms with Crippen LogP contribution in [0.3, 0.4) is 0 Å². The standard InChI is InChI=1S/C15H23N3O4S/c1-4-7-18-13(19)12(10-11(2)3)16-15(18)5-8-17(9-6-15)23-22-14(20)21/h1,11-12,16H,5-10H2,2-3H3,(H,20,21).